The average molecular weight is 370 g/mol. The minimum Gasteiger partial charge on any atom is -0.467 e. The van der Waals surface area contributed by atoms with E-state index >= 15 is 0 Å². The fourth-order valence-electron chi connectivity index (χ4n) is 2.09. The van der Waals surface area contributed by atoms with Crippen molar-refractivity contribution in [1.82, 2.24) is 20.3 Å². The highest BCUT2D eigenvalue weighted by Crippen LogP contribution is 2.15. The number of thioether (sulfide) groups is 1. The summed E-state index contributed by atoms with van der Waals surface area (Å²) in [5.41, 5.74) is 6.60. The minimum absolute atomic E-state index is 0.0870. The first-order valence-electron chi connectivity index (χ1n) is 7.88. The van der Waals surface area contributed by atoms with Gasteiger partial charge in [-0.1, -0.05) is 18.2 Å². The number of furan rings is 1. The standard InChI is InChI=1S/C17H18N6O2S/c18-16-21-14(22-17(23-16)20-12-5-2-1-3-6-12)10-26-11-15(24)19-9-13-7-4-8-25-13/h1-8H,9-11H2,(H,19,24)(H3,18,20,21,22,23). The molecule has 0 unspecified atom stereocenters. The van der Waals surface area contributed by atoms with Crippen LogP contribution in [0.1, 0.15) is 11.6 Å². The van der Waals surface area contributed by atoms with Crippen LogP contribution >= 0.6 is 11.8 Å². The number of amides is 1. The minimum atomic E-state index is -0.0870. The zero-order valence-electron chi connectivity index (χ0n) is 13.9. The van der Waals surface area contributed by atoms with E-state index in [1.54, 1.807) is 12.3 Å². The Morgan fingerprint density at radius 1 is 1.12 bits per heavy atom. The molecule has 3 rings (SSSR count). The molecule has 1 amide bonds. The lowest BCUT2D eigenvalue weighted by Gasteiger charge is -2.07. The molecule has 0 aliphatic carbocycles. The first-order valence-corrected chi connectivity index (χ1v) is 9.04. The maximum Gasteiger partial charge on any atom is 0.232 e. The van der Waals surface area contributed by atoms with Crippen LogP contribution in [0, 0.1) is 0 Å². The number of nitrogens with two attached hydrogens (primary N) is 1. The molecule has 0 spiro atoms. The lowest BCUT2D eigenvalue weighted by molar-refractivity contribution is -0.118. The molecule has 2 heterocycles. The van der Waals surface area contributed by atoms with Crippen LogP contribution in [0.2, 0.25) is 0 Å². The molecule has 0 fully saturated rings. The summed E-state index contributed by atoms with van der Waals surface area (Å²) in [6.07, 6.45) is 1.57. The first kappa shape index (κ1) is 17.7. The molecule has 0 radical (unpaired) electrons. The van der Waals surface area contributed by atoms with Crippen molar-refractivity contribution in [3.05, 3.63) is 60.3 Å². The van der Waals surface area contributed by atoms with Gasteiger partial charge in [0.1, 0.15) is 11.6 Å². The largest absolute Gasteiger partial charge is 0.467 e. The Morgan fingerprint density at radius 2 is 1.96 bits per heavy atom. The Labute approximate surface area is 154 Å². The van der Waals surface area contributed by atoms with Gasteiger partial charge in [0, 0.05) is 5.69 Å². The molecular weight excluding hydrogens is 352 g/mol. The summed E-state index contributed by atoms with van der Waals surface area (Å²) in [4.78, 5) is 24.4. The Morgan fingerprint density at radius 3 is 2.73 bits per heavy atom. The maximum absolute atomic E-state index is 11.8. The van der Waals surface area contributed by atoms with E-state index in [4.69, 9.17) is 10.2 Å². The summed E-state index contributed by atoms with van der Waals surface area (Å²) >= 11 is 1.40. The molecule has 0 saturated heterocycles. The van der Waals surface area contributed by atoms with Crippen molar-refractivity contribution in [3.8, 4) is 0 Å². The van der Waals surface area contributed by atoms with Crippen LogP contribution in [-0.4, -0.2) is 26.6 Å². The van der Waals surface area contributed by atoms with E-state index in [2.05, 4.69) is 25.6 Å². The van der Waals surface area contributed by atoms with Gasteiger partial charge in [0.25, 0.3) is 0 Å². The van der Waals surface area contributed by atoms with Gasteiger partial charge >= 0.3 is 0 Å². The fraction of sp³-hybridized carbons (Fsp3) is 0.176. The zero-order chi connectivity index (χ0) is 18.2. The van der Waals surface area contributed by atoms with Gasteiger partial charge in [-0.25, -0.2) is 0 Å². The van der Waals surface area contributed by atoms with E-state index in [0.29, 0.717) is 29.8 Å². The Hall–Kier alpha value is -3.07. The summed E-state index contributed by atoms with van der Waals surface area (Å²) in [5.74, 6) is 2.39. The average Bonchev–Trinajstić information content (AvgIpc) is 3.14. The quantitative estimate of drug-likeness (QED) is 0.553. The third kappa shape index (κ3) is 5.49. The molecule has 1 aromatic carbocycles. The van der Waals surface area contributed by atoms with Crippen molar-refractivity contribution in [1.29, 1.82) is 0 Å². The van der Waals surface area contributed by atoms with Crippen molar-refractivity contribution < 1.29 is 9.21 Å². The van der Waals surface area contributed by atoms with E-state index < -0.39 is 0 Å². The third-order valence-electron chi connectivity index (χ3n) is 3.23. The smallest absolute Gasteiger partial charge is 0.232 e. The second-order valence-corrected chi connectivity index (χ2v) is 6.26. The number of aromatic nitrogens is 3. The number of anilines is 3. The van der Waals surface area contributed by atoms with Gasteiger partial charge in [-0.3, -0.25) is 4.79 Å². The second kappa shape index (κ2) is 8.86. The van der Waals surface area contributed by atoms with Gasteiger partial charge in [-0.2, -0.15) is 15.0 Å². The number of rotatable bonds is 8. The number of nitrogens with one attached hydrogen (secondary N) is 2. The van der Waals surface area contributed by atoms with Gasteiger partial charge in [0.05, 0.1) is 24.3 Å². The monoisotopic (exact) mass is 370 g/mol. The molecule has 134 valence electrons. The topological polar surface area (TPSA) is 119 Å². The highest BCUT2D eigenvalue weighted by Gasteiger charge is 2.08. The highest BCUT2D eigenvalue weighted by atomic mass is 32.2. The van der Waals surface area contributed by atoms with Crippen LogP contribution in [0.25, 0.3) is 0 Å². The van der Waals surface area contributed by atoms with Crippen molar-refractivity contribution >= 4 is 35.3 Å². The molecule has 9 heteroatoms. The first-order chi connectivity index (χ1) is 12.7. The number of carbonyl (C=O) groups excluding carboxylic acids is 1. The Kier molecular flexibility index (Phi) is 6.05. The molecule has 0 aliphatic heterocycles. The molecule has 0 aliphatic rings. The molecule has 0 atom stereocenters. The number of hydrogen-bond donors (Lipinski definition) is 3. The molecular formula is C17H18N6O2S. The number of nitrogen functional groups attached to an aromatic ring is 1. The molecule has 0 saturated carbocycles. The predicted octanol–water partition coefficient (Wildman–Crippen LogP) is 2.34. The maximum atomic E-state index is 11.8. The molecule has 26 heavy (non-hydrogen) atoms. The Bertz CT molecular complexity index is 842. The van der Waals surface area contributed by atoms with Crippen molar-refractivity contribution in [3.63, 3.8) is 0 Å². The lowest BCUT2D eigenvalue weighted by Crippen LogP contribution is -2.24. The third-order valence-corrected chi connectivity index (χ3v) is 4.16. The summed E-state index contributed by atoms with van der Waals surface area (Å²) < 4.78 is 5.16. The molecule has 2 aromatic heterocycles. The highest BCUT2D eigenvalue weighted by molar-refractivity contribution is 7.99. The number of hydrogen-bond acceptors (Lipinski definition) is 8. The van der Waals surface area contributed by atoms with Crippen LogP contribution in [0.5, 0.6) is 0 Å². The summed E-state index contributed by atoms with van der Waals surface area (Å²) in [6.45, 7) is 0.371. The van der Waals surface area contributed by atoms with Crippen molar-refractivity contribution in [2.75, 3.05) is 16.8 Å². The fourth-order valence-corrected chi connectivity index (χ4v) is 2.80. The van der Waals surface area contributed by atoms with Crippen LogP contribution in [0.15, 0.2) is 53.1 Å². The Balaban J connectivity index is 1.49. The van der Waals surface area contributed by atoms with Gasteiger partial charge in [0.2, 0.25) is 17.8 Å². The van der Waals surface area contributed by atoms with Crippen LogP contribution in [-0.2, 0) is 17.1 Å². The number of para-hydroxylation sites is 1. The number of carbonyl (C=O) groups is 1. The SMILES string of the molecule is Nc1nc(CSCC(=O)NCc2ccco2)nc(Nc2ccccc2)n1. The molecule has 4 N–H and O–H groups in total. The van der Waals surface area contributed by atoms with Gasteiger partial charge in [0.15, 0.2) is 0 Å². The van der Waals surface area contributed by atoms with E-state index in [-0.39, 0.29) is 17.6 Å². The summed E-state index contributed by atoms with van der Waals surface area (Å²) in [5, 5.41) is 5.86. The van der Waals surface area contributed by atoms with E-state index in [0.717, 1.165) is 5.69 Å². The summed E-state index contributed by atoms with van der Waals surface area (Å²) in [6, 6.07) is 13.1. The molecule has 3 aromatic rings. The van der Waals surface area contributed by atoms with Crippen LogP contribution < -0.4 is 16.4 Å². The van der Waals surface area contributed by atoms with E-state index in [1.165, 1.54) is 11.8 Å². The number of nitrogens with zero attached hydrogens (tertiary/aromatic N) is 3. The number of benzene rings is 1. The van der Waals surface area contributed by atoms with Gasteiger partial charge in [-0.15, -0.1) is 11.8 Å². The zero-order valence-corrected chi connectivity index (χ0v) is 14.7. The second-order valence-electron chi connectivity index (χ2n) is 5.27. The van der Waals surface area contributed by atoms with E-state index in [1.807, 2.05) is 36.4 Å². The lowest BCUT2D eigenvalue weighted by atomic mass is 10.3. The van der Waals surface area contributed by atoms with Crippen LogP contribution in [0.4, 0.5) is 17.6 Å². The van der Waals surface area contributed by atoms with Gasteiger partial charge < -0.3 is 20.8 Å². The molecule has 0 bridgehead atoms. The summed E-state index contributed by atoms with van der Waals surface area (Å²) in [7, 11) is 0. The predicted molar refractivity (Wildman–Crippen MR) is 101 cm³/mol. The van der Waals surface area contributed by atoms with Crippen molar-refractivity contribution in [2.24, 2.45) is 0 Å². The van der Waals surface area contributed by atoms with Gasteiger partial charge in [-0.05, 0) is 24.3 Å². The van der Waals surface area contributed by atoms with Crippen molar-refractivity contribution in [2.45, 2.75) is 12.3 Å². The van der Waals surface area contributed by atoms with Crippen LogP contribution in [0.3, 0.4) is 0 Å². The normalized spacial score (nSPS) is 10.5. The van der Waals surface area contributed by atoms with E-state index in [9.17, 15) is 4.79 Å². The molecule has 8 nitrogen and oxygen atoms in total.